The molecule has 0 aromatic heterocycles. The number of urea groups is 1. The molecule has 0 spiro atoms. The summed E-state index contributed by atoms with van der Waals surface area (Å²) in [5.41, 5.74) is 0. The third-order valence-electron chi connectivity index (χ3n) is 4.59. The Balaban J connectivity index is 1.75. The number of halogens is 1. The first-order chi connectivity index (χ1) is 11.0. The minimum atomic E-state index is -0.753. The van der Waals surface area contributed by atoms with Gasteiger partial charge in [-0.2, -0.15) is 0 Å². The van der Waals surface area contributed by atoms with Crippen LogP contribution in [0.5, 0.6) is 0 Å². The topological polar surface area (TPSA) is 97.5 Å². The normalized spacial score (nSPS) is 38.1. The Kier molecular flexibility index (Phi) is 7.01. The van der Waals surface area contributed by atoms with E-state index in [-0.39, 0.29) is 43.1 Å². The fourth-order valence-electron chi connectivity index (χ4n) is 3.34. The van der Waals surface area contributed by atoms with E-state index < -0.39 is 6.17 Å². The molecule has 134 valence electrons. The monoisotopic (exact) mass is 331 g/mol. The molecular weight excluding hydrogens is 301 g/mol. The number of amides is 2. The molecule has 2 fully saturated rings. The van der Waals surface area contributed by atoms with Crippen molar-refractivity contribution in [3.05, 3.63) is 0 Å². The number of hydrogen-bond acceptors (Lipinski definition) is 5. The van der Waals surface area contributed by atoms with Crippen molar-refractivity contribution in [2.24, 2.45) is 5.92 Å². The zero-order valence-corrected chi connectivity index (χ0v) is 13.9. The Morgan fingerprint density at radius 3 is 2.70 bits per heavy atom. The highest BCUT2D eigenvalue weighted by Crippen LogP contribution is 2.26. The summed E-state index contributed by atoms with van der Waals surface area (Å²) >= 11 is 0. The van der Waals surface area contributed by atoms with Crippen LogP contribution in [-0.4, -0.2) is 55.0 Å². The lowest BCUT2D eigenvalue weighted by Gasteiger charge is -2.37. The molecule has 6 N–H and O–H groups in total. The second kappa shape index (κ2) is 8.77. The molecule has 2 aliphatic rings. The molecule has 0 aromatic rings. The predicted molar refractivity (Wildman–Crippen MR) is 86.4 cm³/mol. The van der Waals surface area contributed by atoms with Gasteiger partial charge in [-0.1, -0.05) is 6.92 Å². The average molecular weight is 331 g/mol. The number of hydrogen-bond donors (Lipinski definition) is 6. The van der Waals surface area contributed by atoms with Crippen molar-refractivity contribution in [3.63, 3.8) is 0 Å². The van der Waals surface area contributed by atoms with Crippen molar-refractivity contribution in [1.29, 1.82) is 0 Å². The molecule has 1 heterocycles. The second-order valence-electron chi connectivity index (χ2n) is 6.75. The van der Waals surface area contributed by atoms with E-state index in [0.29, 0.717) is 25.8 Å². The van der Waals surface area contributed by atoms with Crippen LogP contribution in [0.15, 0.2) is 0 Å². The minimum absolute atomic E-state index is 0.00735. The molecule has 8 heteroatoms. The van der Waals surface area contributed by atoms with Gasteiger partial charge >= 0.3 is 6.03 Å². The van der Waals surface area contributed by atoms with Gasteiger partial charge in [0.2, 0.25) is 0 Å². The molecule has 1 aliphatic carbocycles. The van der Waals surface area contributed by atoms with Crippen molar-refractivity contribution in [3.8, 4) is 0 Å². The smallest absolute Gasteiger partial charge is 0.317 e. The van der Waals surface area contributed by atoms with Gasteiger partial charge < -0.3 is 15.7 Å². The Morgan fingerprint density at radius 2 is 2.00 bits per heavy atom. The average Bonchev–Trinajstić information content (AvgIpc) is 2.48. The maximum absolute atomic E-state index is 13.5. The highest BCUT2D eigenvalue weighted by molar-refractivity contribution is 5.74. The molecule has 7 nitrogen and oxygen atoms in total. The van der Waals surface area contributed by atoms with Gasteiger partial charge in [0.15, 0.2) is 0 Å². The molecule has 1 saturated carbocycles. The molecule has 0 radical (unpaired) electrons. The zero-order valence-electron chi connectivity index (χ0n) is 13.9. The molecular formula is C15H30FN5O2. The van der Waals surface area contributed by atoms with E-state index in [2.05, 4.69) is 26.6 Å². The Morgan fingerprint density at radius 1 is 1.22 bits per heavy atom. The summed E-state index contributed by atoms with van der Waals surface area (Å²) < 4.78 is 13.5. The molecule has 1 saturated heterocycles. The summed E-state index contributed by atoms with van der Waals surface area (Å²) in [6.45, 7) is 4.52. The summed E-state index contributed by atoms with van der Waals surface area (Å²) in [6, 6.07) is 0.0144. The van der Waals surface area contributed by atoms with Gasteiger partial charge in [-0.3, -0.25) is 16.0 Å². The van der Waals surface area contributed by atoms with Crippen LogP contribution in [0, 0.1) is 5.92 Å². The number of aliphatic hydroxyl groups is 1. The Hall–Kier alpha value is -0.960. The maximum atomic E-state index is 13.5. The van der Waals surface area contributed by atoms with Crippen molar-refractivity contribution < 1.29 is 14.3 Å². The number of carbonyl (C=O) groups is 1. The lowest BCUT2D eigenvalue weighted by atomic mass is 9.85. The first-order valence-corrected chi connectivity index (χ1v) is 8.55. The second-order valence-corrected chi connectivity index (χ2v) is 6.75. The molecule has 23 heavy (non-hydrogen) atoms. The first-order valence-electron chi connectivity index (χ1n) is 8.55. The zero-order chi connectivity index (χ0) is 16.8. The van der Waals surface area contributed by atoms with E-state index in [1.165, 1.54) is 0 Å². The quantitative estimate of drug-likeness (QED) is 0.425. The van der Waals surface area contributed by atoms with E-state index in [1.54, 1.807) is 0 Å². The van der Waals surface area contributed by atoms with Gasteiger partial charge in [0.25, 0.3) is 0 Å². The highest BCUT2D eigenvalue weighted by Gasteiger charge is 2.29. The van der Waals surface area contributed by atoms with Crippen molar-refractivity contribution in [2.45, 2.75) is 70.2 Å². The van der Waals surface area contributed by atoms with Crippen LogP contribution in [0.4, 0.5) is 9.18 Å². The van der Waals surface area contributed by atoms with Gasteiger partial charge in [0, 0.05) is 18.6 Å². The van der Waals surface area contributed by atoms with Crippen LogP contribution in [0.3, 0.4) is 0 Å². The maximum Gasteiger partial charge on any atom is 0.317 e. The standard InChI is InChI=1S/C15H30FN5O2/c1-9-7-11(3-4-12(9)16)19-15(23)21-14-18-10(2)8-13(20-14)17-5-6-22/h9-14,17-18,20,22H,3-8H2,1-2H3,(H2,19,21,23). The molecule has 1 aliphatic heterocycles. The molecule has 2 amide bonds. The summed E-state index contributed by atoms with van der Waals surface area (Å²) in [4.78, 5) is 12.1. The lowest BCUT2D eigenvalue weighted by molar-refractivity contribution is 0.149. The summed E-state index contributed by atoms with van der Waals surface area (Å²) in [7, 11) is 0. The summed E-state index contributed by atoms with van der Waals surface area (Å²) in [5, 5.41) is 24.4. The summed E-state index contributed by atoms with van der Waals surface area (Å²) in [5.74, 6) is -0.00735. The van der Waals surface area contributed by atoms with Crippen molar-refractivity contribution in [1.82, 2.24) is 26.6 Å². The van der Waals surface area contributed by atoms with E-state index in [0.717, 1.165) is 6.42 Å². The predicted octanol–water partition coefficient (Wildman–Crippen LogP) is -0.0247. The number of alkyl halides is 1. The number of rotatable bonds is 5. The van der Waals surface area contributed by atoms with Crippen LogP contribution in [-0.2, 0) is 0 Å². The van der Waals surface area contributed by atoms with Gasteiger partial charge in [-0.15, -0.1) is 0 Å². The largest absolute Gasteiger partial charge is 0.395 e. The fourth-order valence-corrected chi connectivity index (χ4v) is 3.34. The lowest BCUT2D eigenvalue weighted by Crippen LogP contribution is -2.68. The Bertz CT molecular complexity index is 387. The van der Waals surface area contributed by atoms with Crippen LogP contribution in [0.25, 0.3) is 0 Å². The molecule has 6 atom stereocenters. The van der Waals surface area contributed by atoms with Crippen LogP contribution >= 0.6 is 0 Å². The number of aliphatic hydroxyl groups excluding tert-OH is 1. The van der Waals surface area contributed by atoms with Crippen LogP contribution < -0.4 is 26.6 Å². The molecule has 0 bridgehead atoms. The molecule has 0 aromatic carbocycles. The fraction of sp³-hybridized carbons (Fsp3) is 0.933. The summed E-state index contributed by atoms with van der Waals surface area (Å²) in [6.07, 6.45) is 1.67. The van der Waals surface area contributed by atoms with Crippen molar-refractivity contribution >= 4 is 6.03 Å². The first kappa shape index (κ1) is 18.4. The highest BCUT2D eigenvalue weighted by atomic mass is 19.1. The van der Waals surface area contributed by atoms with Crippen LogP contribution in [0.2, 0.25) is 0 Å². The van der Waals surface area contributed by atoms with Crippen LogP contribution in [0.1, 0.15) is 39.5 Å². The molecule has 6 unspecified atom stereocenters. The van der Waals surface area contributed by atoms with Gasteiger partial charge in [0.1, 0.15) is 12.5 Å². The van der Waals surface area contributed by atoms with Gasteiger partial charge in [0.05, 0.1) is 12.8 Å². The molecule has 2 rings (SSSR count). The van der Waals surface area contributed by atoms with Gasteiger partial charge in [-0.05, 0) is 38.5 Å². The van der Waals surface area contributed by atoms with Crippen molar-refractivity contribution in [2.75, 3.05) is 13.2 Å². The number of nitrogens with one attached hydrogen (secondary N) is 5. The van der Waals surface area contributed by atoms with Gasteiger partial charge in [-0.25, -0.2) is 9.18 Å². The third kappa shape index (κ3) is 5.87. The van der Waals surface area contributed by atoms with E-state index >= 15 is 0 Å². The van der Waals surface area contributed by atoms with E-state index in [4.69, 9.17) is 5.11 Å². The van der Waals surface area contributed by atoms with E-state index in [9.17, 15) is 9.18 Å². The van der Waals surface area contributed by atoms with E-state index in [1.807, 2.05) is 13.8 Å². The SMILES string of the molecule is CC1CC(NCCO)NC(NC(=O)NC2CCC(F)C(C)C2)N1. The Labute approximate surface area is 137 Å². The minimum Gasteiger partial charge on any atom is -0.395 e. The number of carbonyl (C=O) groups excluding carboxylic acids is 1. The third-order valence-corrected chi connectivity index (χ3v) is 4.59.